The first kappa shape index (κ1) is 35.4. The van der Waals surface area contributed by atoms with E-state index in [1.165, 1.54) is 0 Å². The summed E-state index contributed by atoms with van der Waals surface area (Å²) in [5.74, 6) is 2.23. The summed E-state index contributed by atoms with van der Waals surface area (Å²) in [5, 5.41) is 2.94. The normalized spacial score (nSPS) is 11.5. The first-order chi connectivity index (χ1) is 30.7. The maximum Gasteiger partial charge on any atom is 0.238 e. The van der Waals surface area contributed by atoms with Crippen LogP contribution in [0.25, 0.3) is 117 Å². The molecule has 0 N–H and O–H groups in total. The van der Waals surface area contributed by atoms with E-state index in [2.05, 4.69) is 144 Å². The van der Waals surface area contributed by atoms with E-state index in [0.29, 0.717) is 40.1 Å². The highest BCUT2D eigenvalue weighted by atomic mass is 16.3. The number of benzene rings is 8. The molecule has 12 aromatic rings. The Balaban J connectivity index is 1.13. The lowest BCUT2D eigenvalue weighted by molar-refractivity contribution is 0.667. The summed E-state index contributed by atoms with van der Waals surface area (Å²) >= 11 is 0. The van der Waals surface area contributed by atoms with E-state index in [4.69, 9.17) is 29.3 Å². The summed E-state index contributed by atoms with van der Waals surface area (Å²) in [7, 11) is 0. The summed E-state index contributed by atoms with van der Waals surface area (Å²) < 4.78 is 8.99. The summed E-state index contributed by atoms with van der Waals surface area (Å²) in [6.45, 7) is 0. The lowest BCUT2D eigenvalue weighted by Crippen LogP contribution is -2.06. The van der Waals surface area contributed by atoms with Crippen molar-refractivity contribution >= 4 is 43.9 Å². The first-order valence-corrected chi connectivity index (χ1v) is 20.6. The van der Waals surface area contributed by atoms with Crippen LogP contribution in [0, 0.1) is 0 Å². The minimum atomic E-state index is 0.489. The van der Waals surface area contributed by atoms with Gasteiger partial charge in [0.25, 0.3) is 0 Å². The van der Waals surface area contributed by atoms with E-state index in [1.807, 2.05) is 66.7 Å². The van der Waals surface area contributed by atoms with Crippen molar-refractivity contribution < 1.29 is 4.42 Å². The van der Waals surface area contributed by atoms with Crippen molar-refractivity contribution in [1.29, 1.82) is 0 Å². The Morgan fingerprint density at radius 1 is 0.339 bits per heavy atom. The van der Waals surface area contributed by atoms with Crippen LogP contribution in [-0.4, -0.2) is 29.5 Å². The zero-order chi connectivity index (χ0) is 41.0. The molecule has 0 aliphatic heterocycles. The van der Waals surface area contributed by atoms with Gasteiger partial charge in [-0.3, -0.25) is 4.57 Å². The molecule has 7 nitrogen and oxygen atoms in total. The number of fused-ring (bicyclic) bond motifs is 7. The molecule has 0 amide bonds. The zero-order valence-electron chi connectivity index (χ0n) is 33.2. The molecule has 290 valence electrons. The molecule has 4 heterocycles. The molecule has 62 heavy (non-hydrogen) atoms. The Morgan fingerprint density at radius 2 is 0.790 bits per heavy atom. The first-order valence-electron chi connectivity index (χ1n) is 20.6. The SMILES string of the molecule is c1ccc(-c2ccc(-c3nc(-c4ccccc4)nc(-n4c5ccccc5c5ccc6oc7c(-c8ccccc8)nc(-c8ccc(-c9ccccc9)cc8)nc7c6c54)n3)cc2)cc1. The second-order valence-electron chi connectivity index (χ2n) is 15.3. The third-order valence-electron chi connectivity index (χ3n) is 11.5. The standard InChI is InChI=1S/C55H34N6O/c1-5-15-35(16-6-1)37-25-29-41(30-26-37)52-56-48(39-19-9-3-10-20-39)51-49(57-52)47-46(62-51)34-33-44-43-23-13-14-24-45(43)61(50(44)47)55-59-53(40-21-11-4-12-22-40)58-54(60-55)42-31-27-38(28-32-42)36-17-7-2-8-18-36/h1-34H. The smallest absolute Gasteiger partial charge is 0.238 e. The van der Waals surface area contributed by atoms with Crippen LogP contribution in [0.15, 0.2) is 211 Å². The molecule has 4 aromatic heterocycles. The van der Waals surface area contributed by atoms with Crippen LogP contribution in [0.1, 0.15) is 0 Å². The van der Waals surface area contributed by atoms with Crippen molar-refractivity contribution in [3.8, 4) is 73.6 Å². The molecule has 0 saturated heterocycles. The molecule has 12 rings (SSSR count). The van der Waals surface area contributed by atoms with E-state index in [0.717, 1.165) is 77.4 Å². The number of rotatable bonds is 7. The molecule has 0 fully saturated rings. The average molecular weight is 795 g/mol. The van der Waals surface area contributed by atoms with Gasteiger partial charge >= 0.3 is 0 Å². The van der Waals surface area contributed by atoms with Gasteiger partial charge in [0, 0.05) is 33.0 Å². The van der Waals surface area contributed by atoms with Crippen molar-refractivity contribution in [2.45, 2.75) is 0 Å². The number of hydrogen-bond acceptors (Lipinski definition) is 6. The molecule has 0 aliphatic carbocycles. The van der Waals surface area contributed by atoms with Crippen molar-refractivity contribution in [3.63, 3.8) is 0 Å². The van der Waals surface area contributed by atoms with Gasteiger partial charge in [-0.05, 0) is 40.5 Å². The molecule has 0 saturated carbocycles. The van der Waals surface area contributed by atoms with E-state index in [1.54, 1.807) is 0 Å². The lowest BCUT2D eigenvalue weighted by atomic mass is 10.0. The number of hydrogen-bond donors (Lipinski definition) is 0. The third kappa shape index (κ3) is 6.02. The lowest BCUT2D eigenvalue weighted by Gasteiger charge is -2.12. The summed E-state index contributed by atoms with van der Waals surface area (Å²) in [4.78, 5) is 26.2. The Bertz CT molecular complexity index is 3590. The van der Waals surface area contributed by atoms with Gasteiger partial charge in [0.1, 0.15) is 16.8 Å². The Hall–Kier alpha value is -8.55. The molecular formula is C55H34N6O. The molecule has 0 atom stereocenters. The number of nitrogens with zero attached hydrogens (tertiary/aromatic N) is 6. The number of aromatic nitrogens is 6. The highest BCUT2D eigenvalue weighted by molar-refractivity contribution is 6.24. The predicted octanol–water partition coefficient (Wildman–Crippen LogP) is 13.7. The van der Waals surface area contributed by atoms with Gasteiger partial charge in [0.05, 0.1) is 16.4 Å². The van der Waals surface area contributed by atoms with E-state index < -0.39 is 0 Å². The largest absolute Gasteiger partial charge is 0.452 e. The van der Waals surface area contributed by atoms with E-state index in [9.17, 15) is 0 Å². The van der Waals surface area contributed by atoms with Gasteiger partial charge in [-0.25, -0.2) is 15.0 Å². The van der Waals surface area contributed by atoms with E-state index in [-0.39, 0.29) is 0 Å². The fourth-order valence-electron chi connectivity index (χ4n) is 8.50. The summed E-state index contributed by atoms with van der Waals surface area (Å²) in [6, 6.07) is 70.4. The molecule has 0 aliphatic rings. The summed E-state index contributed by atoms with van der Waals surface area (Å²) in [5.41, 5.74) is 12.7. The van der Waals surface area contributed by atoms with Crippen LogP contribution < -0.4 is 0 Å². The van der Waals surface area contributed by atoms with Crippen LogP contribution in [0.5, 0.6) is 0 Å². The van der Waals surface area contributed by atoms with Gasteiger partial charge in [0.15, 0.2) is 23.1 Å². The minimum Gasteiger partial charge on any atom is -0.452 e. The fourth-order valence-corrected chi connectivity index (χ4v) is 8.50. The van der Waals surface area contributed by atoms with Crippen LogP contribution in [0.2, 0.25) is 0 Å². The zero-order valence-corrected chi connectivity index (χ0v) is 33.2. The molecular weight excluding hydrogens is 761 g/mol. The van der Waals surface area contributed by atoms with Crippen LogP contribution in [-0.2, 0) is 0 Å². The van der Waals surface area contributed by atoms with E-state index >= 15 is 0 Å². The highest BCUT2D eigenvalue weighted by Gasteiger charge is 2.25. The molecule has 0 spiro atoms. The highest BCUT2D eigenvalue weighted by Crippen LogP contribution is 2.43. The predicted molar refractivity (Wildman–Crippen MR) is 250 cm³/mol. The number of para-hydroxylation sites is 1. The quantitative estimate of drug-likeness (QED) is 0.160. The van der Waals surface area contributed by atoms with Gasteiger partial charge in [-0.15, -0.1) is 0 Å². The second kappa shape index (κ2) is 14.6. The Morgan fingerprint density at radius 3 is 1.37 bits per heavy atom. The average Bonchev–Trinajstić information content (AvgIpc) is 3.91. The molecule has 7 heteroatoms. The molecule has 0 radical (unpaired) electrons. The second-order valence-corrected chi connectivity index (χ2v) is 15.3. The van der Waals surface area contributed by atoms with Crippen molar-refractivity contribution in [1.82, 2.24) is 29.5 Å². The molecule has 8 aromatic carbocycles. The van der Waals surface area contributed by atoms with Gasteiger partial charge in [-0.2, -0.15) is 9.97 Å². The Kier molecular flexibility index (Phi) is 8.35. The summed E-state index contributed by atoms with van der Waals surface area (Å²) in [6.07, 6.45) is 0. The van der Waals surface area contributed by atoms with Crippen LogP contribution in [0.3, 0.4) is 0 Å². The topological polar surface area (TPSA) is 82.5 Å². The third-order valence-corrected chi connectivity index (χ3v) is 11.5. The van der Waals surface area contributed by atoms with Gasteiger partial charge in [0.2, 0.25) is 5.95 Å². The fraction of sp³-hybridized carbons (Fsp3) is 0. The maximum atomic E-state index is 6.84. The van der Waals surface area contributed by atoms with Gasteiger partial charge in [-0.1, -0.05) is 188 Å². The minimum absolute atomic E-state index is 0.489. The maximum absolute atomic E-state index is 6.84. The molecule has 0 bridgehead atoms. The number of furan rings is 1. The van der Waals surface area contributed by atoms with Crippen LogP contribution in [0.4, 0.5) is 0 Å². The van der Waals surface area contributed by atoms with Crippen LogP contribution >= 0.6 is 0 Å². The van der Waals surface area contributed by atoms with Crippen molar-refractivity contribution in [2.24, 2.45) is 0 Å². The van der Waals surface area contributed by atoms with Crippen molar-refractivity contribution in [2.75, 3.05) is 0 Å². The van der Waals surface area contributed by atoms with Crippen molar-refractivity contribution in [3.05, 3.63) is 206 Å². The monoisotopic (exact) mass is 794 g/mol. The molecule has 0 unspecified atom stereocenters. The Labute approximate surface area is 356 Å². The van der Waals surface area contributed by atoms with Gasteiger partial charge < -0.3 is 4.42 Å².